The number of carboxylic acid groups (broad SMARTS) is 1. The minimum absolute atomic E-state index is 0.0907. The molecule has 0 fully saturated rings. The van der Waals surface area contributed by atoms with Crippen molar-refractivity contribution < 1.29 is 33.6 Å². The summed E-state index contributed by atoms with van der Waals surface area (Å²) >= 11 is 0. The number of esters is 1. The van der Waals surface area contributed by atoms with Crippen LogP contribution in [-0.4, -0.2) is 35.2 Å². The van der Waals surface area contributed by atoms with Crippen LogP contribution in [-0.2, 0) is 28.5 Å². The molecule has 0 unspecified atom stereocenters. The number of carboxylic acids is 1. The number of ether oxygens (including phenoxy) is 4. The Bertz CT molecular complexity index is 897. The van der Waals surface area contributed by atoms with Crippen molar-refractivity contribution in [2.24, 2.45) is 21.7 Å². The molecule has 2 aliphatic rings. The van der Waals surface area contributed by atoms with E-state index in [1.807, 2.05) is 83.1 Å². The first-order chi connectivity index (χ1) is 14.6. The van der Waals surface area contributed by atoms with Gasteiger partial charge in [-0.25, -0.2) is 9.59 Å². The van der Waals surface area contributed by atoms with E-state index in [1.165, 1.54) is 0 Å². The van der Waals surface area contributed by atoms with Crippen LogP contribution in [0.3, 0.4) is 0 Å². The summed E-state index contributed by atoms with van der Waals surface area (Å²) in [5, 5.41) is 10.4. The lowest BCUT2D eigenvalue weighted by molar-refractivity contribution is -0.404. The zero-order chi connectivity index (χ0) is 26.0. The van der Waals surface area contributed by atoms with Crippen LogP contribution in [0.5, 0.6) is 0 Å². The quantitative estimate of drug-likeness (QED) is 0.526. The second-order valence-corrected chi connectivity index (χ2v) is 13.0. The summed E-state index contributed by atoms with van der Waals surface area (Å²) < 4.78 is 25.4. The minimum atomic E-state index is -1.72. The van der Waals surface area contributed by atoms with Gasteiger partial charge >= 0.3 is 11.9 Å². The van der Waals surface area contributed by atoms with Gasteiger partial charge in [-0.1, -0.05) is 83.1 Å². The second kappa shape index (κ2) is 7.76. The Morgan fingerprint density at radius 1 is 0.758 bits per heavy atom. The lowest BCUT2D eigenvalue weighted by atomic mass is 9.69. The summed E-state index contributed by atoms with van der Waals surface area (Å²) in [7, 11) is 0. The molecular formula is C26H42O7. The standard InChI is InChI=1S/C26H42O7/c1-14-30-20(29)16-18(22(5,6)7)32-25(23(8,9)10)15(19(27)28)17(21(2,3)4)31-26(16,33-25)24(11,12)13/h14H2,1-13H3,(H,27,28)/t25-,26-/m1/s1. The third kappa shape index (κ3) is 4.17. The van der Waals surface area contributed by atoms with Crippen molar-refractivity contribution in [2.75, 3.05) is 6.61 Å². The number of allylic oxidation sites excluding steroid dienone is 2. The highest BCUT2D eigenvalue weighted by atomic mass is 16.8. The molecule has 2 atom stereocenters. The largest absolute Gasteiger partial charge is 0.478 e. The maximum Gasteiger partial charge on any atom is 0.344 e. The first-order valence-electron chi connectivity index (χ1n) is 11.6. The fourth-order valence-corrected chi connectivity index (χ4v) is 4.22. The molecule has 2 rings (SSSR count). The van der Waals surface area contributed by atoms with Crippen LogP contribution in [0, 0.1) is 21.7 Å². The monoisotopic (exact) mass is 466 g/mol. The van der Waals surface area contributed by atoms with Crippen molar-refractivity contribution in [1.82, 2.24) is 0 Å². The Balaban J connectivity index is 3.20. The van der Waals surface area contributed by atoms with Gasteiger partial charge in [-0.2, -0.15) is 0 Å². The maximum absolute atomic E-state index is 13.5. The lowest BCUT2D eigenvalue weighted by Gasteiger charge is -2.61. The van der Waals surface area contributed by atoms with Crippen LogP contribution >= 0.6 is 0 Å². The molecule has 0 aliphatic carbocycles. The van der Waals surface area contributed by atoms with Crippen LogP contribution in [0.1, 0.15) is 90.0 Å². The fraction of sp³-hybridized carbons (Fsp3) is 0.769. The zero-order valence-electron chi connectivity index (χ0n) is 22.6. The molecule has 0 radical (unpaired) electrons. The van der Waals surface area contributed by atoms with Gasteiger partial charge in [0.05, 0.1) is 6.61 Å². The average molecular weight is 467 g/mol. The van der Waals surface area contributed by atoms with Crippen LogP contribution in [0.15, 0.2) is 22.7 Å². The number of carbonyl (C=O) groups excluding carboxylic acids is 1. The number of rotatable bonds is 3. The van der Waals surface area contributed by atoms with Gasteiger partial charge in [0.2, 0.25) is 0 Å². The molecule has 0 saturated heterocycles. The van der Waals surface area contributed by atoms with E-state index >= 15 is 0 Å². The molecule has 2 aliphatic heterocycles. The first kappa shape index (κ1) is 27.2. The summed E-state index contributed by atoms with van der Waals surface area (Å²) in [6, 6.07) is 0. The fourth-order valence-electron chi connectivity index (χ4n) is 4.22. The molecule has 0 spiro atoms. The molecule has 7 heteroatoms. The van der Waals surface area contributed by atoms with Crippen molar-refractivity contribution in [1.29, 1.82) is 0 Å². The summed E-state index contributed by atoms with van der Waals surface area (Å²) in [6.45, 7) is 24.5. The Hall–Kier alpha value is -2.02. The van der Waals surface area contributed by atoms with Gasteiger partial charge in [-0.15, -0.1) is 0 Å². The molecule has 0 amide bonds. The molecule has 7 nitrogen and oxygen atoms in total. The van der Waals surface area contributed by atoms with E-state index < -0.39 is 45.2 Å². The highest BCUT2D eigenvalue weighted by molar-refractivity contribution is 5.94. The smallest absolute Gasteiger partial charge is 0.344 e. The number of carbonyl (C=O) groups is 2. The Morgan fingerprint density at radius 2 is 1.12 bits per heavy atom. The Morgan fingerprint density at radius 3 is 1.42 bits per heavy atom. The molecule has 0 aromatic rings. The van der Waals surface area contributed by atoms with Gasteiger partial charge in [0.15, 0.2) is 0 Å². The topological polar surface area (TPSA) is 91.3 Å². The summed E-state index contributed by atoms with van der Waals surface area (Å²) in [6.07, 6.45) is 0. The third-order valence-electron chi connectivity index (χ3n) is 5.92. The van der Waals surface area contributed by atoms with Gasteiger partial charge < -0.3 is 19.3 Å². The summed E-state index contributed by atoms with van der Waals surface area (Å²) in [5.74, 6) is -4.62. The molecule has 0 aromatic carbocycles. The van der Waals surface area contributed by atoms with Crippen molar-refractivity contribution in [3.05, 3.63) is 22.7 Å². The van der Waals surface area contributed by atoms with Crippen LogP contribution in [0.25, 0.3) is 0 Å². The molecule has 1 N–H and O–H groups in total. The van der Waals surface area contributed by atoms with Gasteiger partial charge in [0, 0.05) is 21.7 Å². The number of hydrogen-bond acceptors (Lipinski definition) is 6. The van der Waals surface area contributed by atoms with E-state index in [0.29, 0.717) is 5.76 Å². The SMILES string of the molecule is CCOC(=O)C1=C(C(C)(C)C)O[C@@]2(C(C)(C)C)O[C@]1(C(C)(C)C)OC(C(C)(C)C)=C2C(=O)O. The van der Waals surface area contributed by atoms with E-state index in [-0.39, 0.29) is 23.5 Å². The molecule has 2 bridgehead atoms. The minimum Gasteiger partial charge on any atom is -0.478 e. The zero-order valence-corrected chi connectivity index (χ0v) is 22.6. The predicted octanol–water partition coefficient (Wildman–Crippen LogP) is 5.80. The second-order valence-electron chi connectivity index (χ2n) is 13.0. The van der Waals surface area contributed by atoms with Gasteiger partial charge in [0.1, 0.15) is 22.7 Å². The van der Waals surface area contributed by atoms with Crippen molar-refractivity contribution in [3.63, 3.8) is 0 Å². The summed E-state index contributed by atoms with van der Waals surface area (Å²) in [4.78, 5) is 26.3. The van der Waals surface area contributed by atoms with E-state index in [4.69, 9.17) is 18.9 Å². The molecule has 33 heavy (non-hydrogen) atoms. The molecule has 0 aromatic heterocycles. The van der Waals surface area contributed by atoms with E-state index in [2.05, 4.69) is 0 Å². The average Bonchev–Trinajstić information content (AvgIpc) is 2.57. The highest BCUT2D eigenvalue weighted by Crippen LogP contribution is 2.63. The molecular weight excluding hydrogens is 424 g/mol. The Kier molecular flexibility index (Phi) is 6.40. The highest BCUT2D eigenvalue weighted by Gasteiger charge is 2.72. The molecule has 0 saturated carbocycles. The van der Waals surface area contributed by atoms with E-state index in [0.717, 1.165) is 0 Å². The van der Waals surface area contributed by atoms with Crippen LogP contribution in [0.4, 0.5) is 0 Å². The summed E-state index contributed by atoms with van der Waals surface area (Å²) in [5.41, 5.74) is -2.99. The van der Waals surface area contributed by atoms with E-state index in [1.54, 1.807) is 6.92 Å². The van der Waals surface area contributed by atoms with Gasteiger partial charge in [-0.05, 0) is 6.92 Å². The van der Waals surface area contributed by atoms with Crippen molar-refractivity contribution in [2.45, 2.75) is 102 Å². The van der Waals surface area contributed by atoms with Crippen molar-refractivity contribution in [3.8, 4) is 0 Å². The predicted molar refractivity (Wildman–Crippen MR) is 125 cm³/mol. The van der Waals surface area contributed by atoms with Gasteiger partial charge in [0.25, 0.3) is 11.6 Å². The first-order valence-corrected chi connectivity index (χ1v) is 11.6. The van der Waals surface area contributed by atoms with Crippen molar-refractivity contribution >= 4 is 11.9 Å². The maximum atomic E-state index is 13.5. The number of aliphatic carboxylic acids is 1. The van der Waals surface area contributed by atoms with Crippen LogP contribution < -0.4 is 0 Å². The molecule has 2 heterocycles. The lowest BCUT2D eigenvalue weighted by Crippen LogP contribution is -2.69. The number of fused-ring (bicyclic) bond motifs is 2. The Labute approximate surface area is 198 Å². The molecule has 188 valence electrons. The van der Waals surface area contributed by atoms with Gasteiger partial charge in [-0.3, -0.25) is 4.74 Å². The van der Waals surface area contributed by atoms with E-state index in [9.17, 15) is 14.7 Å². The third-order valence-corrected chi connectivity index (χ3v) is 5.92. The normalized spacial score (nSPS) is 26.6. The number of hydrogen-bond donors (Lipinski definition) is 1. The van der Waals surface area contributed by atoms with Crippen LogP contribution in [0.2, 0.25) is 0 Å².